The summed E-state index contributed by atoms with van der Waals surface area (Å²) >= 11 is 0. The Balaban J connectivity index is 1.34. The van der Waals surface area contributed by atoms with E-state index >= 15 is 0 Å². The first-order chi connectivity index (χ1) is 21.6. The van der Waals surface area contributed by atoms with E-state index < -0.39 is 11.9 Å². The lowest BCUT2D eigenvalue weighted by Crippen LogP contribution is -2.48. The molecule has 45 heavy (non-hydrogen) atoms. The van der Waals surface area contributed by atoms with Crippen LogP contribution >= 0.6 is 0 Å². The molecule has 3 N–H and O–H groups in total. The van der Waals surface area contributed by atoms with Gasteiger partial charge in [-0.3, -0.25) is 9.69 Å². The van der Waals surface area contributed by atoms with Crippen LogP contribution in [0.5, 0.6) is 0 Å². The van der Waals surface area contributed by atoms with Crippen molar-refractivity contribution >= 4 is 17.7 Å². The van der Waals surface area contributed by atoms with E-state index in [0.717, 1.165) is 41.6 Å². The molecule has 0 bridgehead atoms. The van der Waals surface area contributed by atoms with Crippen LogP contribution < -0.4 is 10.6 Å². The second kappa shape index (κ2) is 14.6. The monoisotopic (exact) mass is 615 g/mol. The van der Waals surface area contributed by atoms with E-state index in [1.54, 1.807) is 0 Å². The minimum absolute atomic E-state index is 0.0323. The van der Waals surface area contributed by atoms with Crippen molar-refractivity contribution in [2.45, 2.75) is 83.8 Å². The van der Waals surface area contributed by atoms with Gasteiger partial charge >= 0.3 is 12.0 Å². The van der Waals surface area contributed by atoms with Crippen LogP contribution in [0, 0.1) is 5.92 Å². The average Bonchev–Trinajstić information content (AvgIpc) is 3.49. The summed E-state index contributed by atoms with van der Waals surface area (Å²) in [4.78, 5) is 27.9. The molecular weight excluding hydrogens is 570 g/mol. The third-order valence-corrected chi connectivity index (χ3v) is 8.29. The molecule has 0 spiro atoms. The standard InChI is InChI=1S/C36H45N3O6/c1-24-31(22-39-19-9-14-30(39)33(41)45-36(2,3)4)43-34(44-32(24)27-17-15-26(23-40)16-18-27)28-12-8-13-29(20-28)38-35(42)37-21-25-10-6-5-7-11-25/h5-8,10-13,15-18,20,24,30-32,34,40H,9,14,19,21-23H2,1-4H3,(H2,37,38,42)/t24-,30+,31+,32+,34+/m1/s1. The van der Waals surface area contributed by atoms with Crippen molar-refractivity contribution in [2.75, 3.05) is 18.4 Å². The molecule has 0 aromatic heterocycles. The number of carbonyl (C=O) groups excluding carboxylic acids is 2. The largest absolute Gasteiger partial charge is 0.459 e. The Morgan fingerprint density at radius 2 is 1.71 bits per heavy atom. The van der Waals surface area contributed by atoms with Crippen molar-refractivity contribution in [3.8, 4) is 0 Å². The zero-order valence-corrected chi connectivity index (χ0v) is 26.6. The van der Waals surface area contributed by atoms with Crippen LogP contribution in [0.15, 0.2) is 78.9 Å². The van der Waals surface area contributed by atoms with Gasteiger partial charge in [0.1, 0.15) is 11.6 Å². The fourth-order valence-electron chi connectivity index (χ4n) is 5.96. The molecule has 2 aliphatic rings. The summed E-state index contributed by atoms with van der Waals surface area (Å²) in [5.41, 5.74) is 3.66. The van der Waals surface area contributed by atoms with Crippen LogP contribution in [-0.2, 0) is 32.2 Å². The number of benzene rings is 3. The highest BCUT2D eigenvalue weighted by Gasteiger charge is 2.42. The number of nitrogens with zero attached hydrogens (tertiary/aromatic N) is 1. The van der Waals surface area contributed by atoms with Gasteiger partial charge in [-0.25, -0.2) is 4.79 Å². The number of rotatable bonds is 9. The Kier molecular flexibility index (Phi) is 10.6. The van der Waals surface area contributed by atoms with Crippen LogP contribution in [0.2, 0.25) is 0 Å². The number of carbonyl (C=O) groups is 2. The topological polar surface area (TPSA) is 109 Å². The minimum Gasteiger partial charge on any atom is -0.459 e. The number of urea groups is 1. The predicted molar refractivity (Wildman–Crippen MR) is 172 cm³/mol. The highest BCUT2D eigenvalue weighted by Crippen LogP contribution is 2.42. The molecule has 0 saturated carbocycles. The lowest BCUT2D eigenvalue weighted by Gasteiger charge is -2.43. The Morgan fingerprint density at radius 3 is 2.42 bits per heavy atom. The molecule has 2 fully saturated rings. The fraction of sp³-hybridized carbons (Fsp3) is 0.444. The first-order valence-corrected chi connectivity index (χ1v) is 15.8. The molecule has 9 nitrogen and oxygen atoms in total. The summed E-state index contributed by atoms with van der Waals surface area (Å²) in [6, 6.07) is 24.4. The van der Waals surface area contributed by atoms with Crippen molar-refractivity contribution in [2.24, 2.45) is 5.92 Å². The first kappa shape index (κ1) is 32.6. The predicted octanol–water partition coefficient (Wildman–Crippen LogP) is 6.10. The van der Waals surface area contributed by atoms with Crippen LogP contribution in [0.25, 0.3) is 0 Å². The van der Waals surface area contributed by atoms with Crippen LogP contribution in [0.4, 0.5) is 10.5 Å². The average molecular weight is 616 g/mol. The molecule has 5 rings (SSSR count). The summed E-state index contributed by atoms with van der Waals surface area (Å²) in [6.07, 6.45) is 0.416. The molecule has 5 atom stereocenters. The Hall–Kier alpha value is -3.76. The van der Waals surface area contributed by atoms with Gasteiger partial charge in [-0.15, -0.1) is 0 Å². The van der Waals surface area contributed by atoms with Gasteiger partial charge in [-0.05, 0) is 69.0 Å². The molecule has 2 aliphatic heterocycles. The van der Waals surface area contributed by atoms with Crippen molar-refractivity contribution in [1.29, 1.82) is 0 Å². The van der Waals surface area contributed by atoms with E-state index in [0.29, 0.717) is 18.8 Å². The van der Waals surface area contributed by atoms with Crippen LogP contribution in [0.1, 0.15) is 75.2 Å². The Bertz CT molecular complexity index is 1420. The number of amides is 2. The number of esters is 1. The van der Waals surface area contributed by atoms with E-state index in [9.17, 15) is 14.7 Å². The van der Waals surface area contributed by atoms with E-state index in [1.165, 1.54) is 0 Å². The van der Waals surface area contributed by atoms with E-state index in [4.69, 9.17) is 14.2 Å². The molecule has 0 aliphatic carbocycles. The number of aliphatic hydroxyl groups excluding tert-OH is 1. The third-order valence-electron chi connectivity index (χ3n) is 8.29. The van der Waals surface area contributed by atoms with Crippen molar-refractivity contribution in [1.82, 2.24) is 10.2 Å². The maximum Gasteiger partial charge on any atom is 0.323 e. The van der Waals surface area contributed by atoms with Gasteiger partial charge in [0.05, 0.1) is 18.8 Å². The number of aliphatic hydroxyl groups is 1. The fourth-order valence-corrected chi connectivity index (χ4v) is 5.96. The van der Waals surface area contributed by atoms with Gasteiger partial charge in [0.2, 0.25) is 0 Å². The summed E-state index contributed by atoms with van der Waals surface area (Å²) in [5, 5.41) is 15.4. The zero-order chi connectivity index (χ0) is 32.0. The number of hydrogen-bond donors (Lipinski definition) is 3. The third kappa shape index (κ3) is 8.70. The van der Waals surface area contributed by atoms with Crippen LogP contribution in [-0.4, -0.2) is 52.8 Å². The second-order valence-corrected chi connectivity index (χ2v) is 12.9. The van der Waals surface area contributed by atoms with Gasteiger partial charge in [0.15, 0.2) is 6.29 Å². The van der Waals surface area contributed by atoms with Crippen molar-refractivity contribution < 1.29 is 28.9 Å². The lowest BCUT2D eigenvalue weighted by molar-refractivity contribution is -0.276. The van der Waals surface area contributed by atoms with Gasteiger partial charge in [-0.1, -0.05) is 73.7 Å². The maximum absolute atomic E-state index is 13.1. The SMILES string of the molecule is C[C@@H]1[C@H](CN2CCC[C@H]2C(=O)OC(C)(C)C)O[C@H](c2cccc(NC(=O)NCc3ccccc3)c2)O[C@@H]1c1ccc(CO)cc1. The molecule has 0 radical (unpaired) electrons. The molecule has 240 valence electrons. The highest BCUT2D eigenvalue weighted by atomic mass is 16.7. The highest BCUT2D eigenvalue weighted by molar-refractivity contribution is 5.89. The molecule has 0 unspecified atom stereocenters. The summed E-state index contributed by atoms with van der Waals surface area (Å²) in [6.45, 7) is 9.50. The Morgan fingerprint density at radius 1 is 0.956 bits per heavy atom. The minimum atomic E-state index is -0.703. The summed E-state index contributed by atoms with van der Waals surface area (Å²) in [7, 11) is 0. The van der Waals surface area contributed by atoms with Crippen molar-refractivity contribution in [3.63, 3.8) is 0 Å². The number of likely N-dealkylation sites (tertiary alicyclic amines) is 1. The number of nitrogens with one attached hydrogen (secondary N) is 2. The second-order valence-electron chi connectivity index (χ2n) is 12.9. The summed E-state index contributed by atoms with van der Waals surface area (Å²) in [5.74, 6) is -0.233. The van der Waals surface area contributed by atoms with Gasteiger partial charge in [-0.2, -0.15) is 0 Å². The van der Waals surface area contributed by atoms with Gasteiger partial charge < -0.3 is 30.0 Å². The van der Waals surface area contributed by atoms with Crippen molar-refractivity contribution in [3.05, 3.63) is 101 Å². The molecule has 2 heterocycles. The van der Waals surface area contributed by atoms with Crippen LogP contribution in [0.3, 0.4) is 0 Å². The van der Waals surface area contributed by atoms with E-state index in [1.807, 2.05) is 99.6 Å². The molecule has 2 amide bonds. The first-order valence-electron chi connectivity index (χ1n) is 15.8. The molecule has 3 aromatic carbocycles. The van der Waals surface area contributed by atoms with Gasteiger partial charge in [0.25, 0.3) is 0 Å². The smallest absolute Gasteiger partial charge is 0.323 e. The zero-order valence-electron chi connectivity index (χ0n) is 26.6. The molecular formula is C36H45N3O6. The number of anilines is 1. The maximum atomic E-state index is 13.1. The number of ether oxygens (including phenoxy) is 3. The van der Waals surface area contributed by atoms with Gasteiger partial charge in [0, 0.05) is 30.3 Å². The lowest BCUT2D eigenvalue weighted by atomic mass is 9.90. The Labute approximate surface area is 265 Å². The molecule has 9 heteroatoms. The molecule has 3 aromatic rings. The quantitative estimate of drug-likeness (QED) is 0.250. The number of hydrogen-bond acceptors (Lipinski definition) is 7. The summed E-state index contributed by atoms with van der Waals surface area (Å²) < 4.78 is 19.0. The van der Waals surface area contributed by atoms with E-state index in [-0.39, 0.29) is 42.8 Å². The van der Waals surface area contributed by atoms with E-state index in [2.05, 4.69) is 22.5 Å². The molecule has 2 saturated heterocycles. The normalized spacial score (nSPS) is 23.8.